The van der Waals surface area contributed by atoms with Gasteiger partial charge in [0.2, 0.25) is 10.0 Å². The van der Waals surface area contributed by atoms with Crippen LogP contribution in [-0.4, -0.2) is 19.6 Å². The van der Waals surface area contributed by atoms with E-state index >= 15 is 0 Å². The van der Waals surface area contributed by atoms with Gasteiger partial charge in [-0.05, 0) is 36.1 Å². The van der Waals surface area contributed by atoms with Gasteiger partial charge in [-0.1, -0.05) is 30.3 Å². The summed E-state index contributed by atoms with van der Waals surface area (Å²) in [6.07, 6.45) is -0.152. The van der Waals surface area contributed by atoms with Crippen molar-refractivity contribution in [1.29, 1.82) is 0 Å². The fourth-order valence-electron chi connectivity index (χ4n) is 2.81. The molecule has 0 radical (unpaired) electrons. The first kappa shape index (κ1) is 18.7. The van der Waals surface area contributed by atoms with Crippen LogP contribution in [0, 0.1) is 5.82 Å². The van der Waals surface area contributed by atoms with Crippen LogP contribution in [0.2, 0.25) is 0 Å². The van der Waals surface area contributed by atoms with Crippen LogP contribution in [0.4, 0.5) is 4.39 Å². The van der Waals surface area contributed by atoms with Gasteiger partial charge in [0.05, 0.1) is 11.0 Å². The van der Waals surface area contributed by atoms with Crippen LogP contribution in [0.5, 0.6) is 0 Å². The number of rotatable bonds is 5. The largest absolute Gasteiger partial charge is 0.393 e. The van der Waals surface area contributed by atoms with E-state index in [0.717, 1.165) is 21.6 Å². The number of aliphatic hydroxyl groups is 1. The zero-order valence-electron chi connectivity index (χ0n) is 14.0. The van der Waals surface area contributed by atoms with Crippen LogP contribution in [0.1, 0.15) is 11.8 Å². The molecule has 0 aliphatic rings. The molecule has 26 heavy (non-hydrogen) atoms. The molecule has 0 aliphatic carbocycles. The smallest absolute Gasteiger partial charge is 0.238 e. The summed E-state index contributed by atoms with van der Waals surface area (Å²) in [4.78, 5) is 0.892. The average molecular weight is 391 g/mol. The number of benzene rings is 2. The van der Waals surface area contributed by atoms with Crippen molar-refractivity contribution in [2.24, 2.45) is 5.14 Å². The van der Waals surface area contributed by atoms with Crippen molar-refractivity contribution >= 4 is 21.4 Å². The number of hydrogen-bond donors (Lipinski definition) is 2. The molecule has 0 fully saturated rings. The van der Waals surface area contributed by atoms with Gasteiger partial charge in [-0.15, -0.1) is 11.3 Å². The molecule has 3 N–H and O–H groups in total. The lowest BCUT2D eigenvalue weighted by molar-refractivity contribution is 0.196. The van der Waals surface area contributed by atoms with Crippen molar-refractivity contribution < 1.29 is 17.9 Å². The van der Waals surface area contributed by atoms with Crippen molar-refractivity contribution in [3.05, 3.63) is 64.6 Å². The highest BCUT2D eigenvalue weighted by molar-refractivity contribution is 7.89. The molecule has 1 unspecified atom stereocenters. The van der Waals surface area contributed by atoms with E-state index in [9.17, 15) is 17.9 Å². The third kappa shape index (κ3) is 3.86. The van der Waals surface area contributed by atoms with Gasteiger partial charge in [0, 0.05) is 28.0 Å². The van der Waals surface area contributed by atoms with Crippen molar-refractivity contribution in [2.75, 3.05) is 0 Å². The highest BCUT2D eigenvalue weighted by atomic mass is 32.2. The lowest BCUT2D eigenvalue weighted by Crippen LogP contribution is -2.11. The minimum Gasteiger partial charge on any atom is -0.393 e. The summed E-state index contributed by atoms with van der Waals surface area (Å²) >= 11 is 1.44. The Morgan fingerprint density at radius 1 is 1.12 bits per heavy atom. The van der Waals surface area contributed by atoms with Crippen LogP contribution in [-0.2, 0) is 16.4 Å². The summed E-state index contributed by atoms with van der Waals surface area (Å²) < 4.78 is 37.3. The summed E-state index contributed by atoms with van der Waals surface area (Å²) in [6, 6.07) is 12.6. The lowest BCUT2D eigenvalue weighted by Gasteiger charge is -2.11. The fraction of sp³-hybridized carbons (Fsp3) is 0.158. The maximum atomic E-state index is 14.4. The highest BCUT2D eigenvalue weighted by Gasteiger charge is 2.19. The average Bonchev–Trinajstić information content (AvgIpc) is 2.97. The van der Waals surface area contributed by atoms with E-state index in [1.807, 2.05) is 5.38 Å². The van der Waals surface area contributed by atoms with E-state index in [-0.39, 0.29) is 10.7 Å². The van der Waals surface area contributed by atoms with Crippen LogP contribution in [0.3, 0.4) is 0 Å². The summed E-state index contributed by atoms with van der Waals surface area (Å²) in [7, 11) is -3.77. The minimum absolute atomic E-state index is 0.0214. The van der Waals surface area contributed by atoms with E-state index in [1.54, 1.807) is 37.3 Å². The SMILES string of the molecule is CC(O)Cc1scc(-c2ccc(S(N)(=O)=O)cc2)c1-c1ccccc1F. The molecule has 3 rings (SSSR count). The third-order valence-electron chi connectivity index (χ3n) is 3.99. The number of sulfonamides is 1. The molecule has 1 heterocycles. The molecule has 3 aromatic rings. The molecule has 0 saturated heterocycles. The zero-order valence-corrected chi connectivity index (χ0v) is 15.6. The van der Waals surface area contributed by atoms with Crippen molar-refractivity contribution in [3.8, 4) is 22.3 Å². The van der Waals surface area contributed by atoms with E-state index in [0.29, 0.717) is 12.0 Å². The molecule has 2 aromatic carbocycles. The predicted molar refractivity (Wildman–Crippen MR) is 102 cm³/mol. The quantitative estimate of drug-likeness (QED) is 0.694. The molecule has 0 bridgehead atoms. The lowest BCUT2D eigenvalue weighted by atomic mass is 9.95. The first-order valence-electron chi connectivity index (χ1n) is 7.94. The minimum atomic E-state index is -3.77. The van der Waals surface area contributed by atoms with Gasteiger partial charge in [-0.3, -0.25) is 0 Å². The topological polar surface area (TPSA) is 80.4 Å². The summed E-state index contributed by atoms with van der Waals surface area (Å²) in [5, 5.41) is 16.8. The van der Waals surface area contributed by atoms with E-state index in [1.165, 1.54) is 29.5 Å². The standard InChI is InChI=1S/C19H18FNO3S2/c1-12(22)10-18-19(15-4-2-3-5-17(15)20)16(11-25-18)13-6-8-14(9-7-13)26(21,23)24/h2-9,11-12,22H,10H2,1H3,(H2,21,23,24). The van der Waals surface area contributed by atoms with E-state index in [2.05, 4.69) is 0 Å². The second-order valence-electron chi connectivity index (χ2n) is 6.05. The Morgan fingerprint density at radius 2 is 1.77 bits per heavy atom. The van der Waals surface area contributed by atoms with Crippen LogP contribution < -0.4 is 5.14 Å². The number of thiophene rings is 1. The van der Waals surface area contributed by atoms with Crippen molar-refractivity contribution in [2.45, 2.75) is 24.3 Å². The van der Waals surface area contributed by atoms with Gasteiger partial charge in [0.15, 0.2) is 0 Å². The Kier molecular flexibility index (Phi) is 5.24. The predicted octanol–water partition coefficient (Wildman–Crippen LogP) is 3.79. The Labute approximate surface area is 155 Å². The molecule has 0 saturated carbocycles. The molecular formula is C19H18FNO3S2. The van der Waals surface area contributed by atoms with Gasteiger partial charge in [0.25, 0.3) is 0 Å². The fourth-order valence-corrected chi connectivity index (χ4v) is 4.52. The molecule has 136 valence electrons. The maximum Gasteiger partial charge on any atom is 0.238 e. The highest BCUT2D eigenvalue weighted by Crippen LogP contribution is 2.41. The van der Waals surface area contributed by atoms with Gasteiger partial charge >= 0.3 is 0 Å². The monoisotopic (exact) mass is 391 g/mol. The van der Waals surface area contributed by atoms with Crippen LogP contribution >= 0.6 is 11.3 Å². The maximum absolute atomic E-state index is 14.4. The molecule has 1 aromatic heterocycles. The molecule has 0 spiro atoms. The van der Waals surface area contributed by atoms with Gasteiger partial charge < -0.3 is 5.11 Å². The second-order valence-corrected chi connectivity index (χ2v) is 8.58. The van der Waals surface area contributed by atoms with Crippen molar-refractivity contribution in [1.82, 2.24) is 0 Å². The summed E-state index contributed by atoms with van der Waals surface area (Å²) in [5.74, 6) is -0.347. The number of halogens is 1. The third-order valence-corrected chi connectivity index (χ3v) is 5.92. The molecule has 0 aliphatic heterocycles. The van der Waals surface area contributed by atoms with Crippen LogP contribution in [0.25, 0.3) is 22.3 Å². The molecule has 0 amide bonds. The molecule has 1 atom stereocenters. The molecule has 7 heteroatoms. The second kappa shape index (κ2) is 7.28. The summed E-state index contributed by atoms with van der Waals surface area (Å²) in [5.41, 5.74) is 2.72. The number of primary sulfonamides is 1. The Balaban J connectivity index is 2.16. The van der Waals surface area contributed by atoms with Gasteiger partial charge in [-0.2, -0.15) is 0 Å². The van der Waals surface area contributed by atoms with E-state index < -0.39 is 16.1 Å². The van der Waals surface area contributed by atoms with Gasteiger partial charge in [-0.25, -0.2) is 17.9 Å². The molecule has 4 nitrogen and oxygen atoms in total. The first-order valence-corrected chi connectivity index (χ1v) is 10.4. The molecular weight excluding hydrogens is 373 g/mol. The summed E-state index contributed by atoms with van der Waals surface area (Å²) in [6.45, 7) is 1.69. The number of aliphatic hydroxyl groups excluding tert-OH is 1. The Bertz CT molecular complexity index is 1030. The Hall–Kier alpha value is -2.06. The van der Waals surface area contributed by atoms with Gasteiger partial charge in [0.1, 0.15) is 5.82 Å². The Morgan fingerprint density at radius 3 is 2.35 bits per heavy atom. The number of hydrogen-bond acceptors (Lipinski definition) is 4. The normalized spacial score (nSPS) is 12.9. The van der Waals surface area contributed by atoms with E-state index in [4.69, 9.17) is 5.14 Å². The number of nitrogens with two attached hydrogens (primary N) is 1. The van der Waals surface area contributed by atoms with Crippen LogP contribution in [0.15, 0.2) is 58.8 Å². The zero-order chi connectivity index (χ0) is 18.9. The first-order chi connectivity index (χ1) is 12.3. The van der Waals surface area contributed by atoms with Crippen molar-refractivity contribution in [3.63, 3.8) is 0 Å².